The summed E-state index contributed by atoms with van der Waals surface area (Å²) in [5.74, 6) is -0.440. The van der Waals surface area contributed by atoms with E-state index in [0.717, 1.165) is 24.6 Å². The molecule has 3 N–H and O–H groups in total. The molecular formula is C19H20F3N3O3S. The van der Waals surface area contributed by atoms with Gasteiger partial charge in [0.1, 0.15) is 0 Å². The standard InChI is InChI=1S/C19H20F3N3O3S/c20-19(21,22)14-6-3-7-15(11-14)29(27,28)24-16-8-2-1-5-13(16)12-25-10-4-9-17(25)18(23)26/h1-3,5-8,11,17,24H,4,9-10,12H2,(H2,23,26). The van der Waals surface area contributed by atoms with Gasteiger partial charge in [-0.05, 0) is 49.2 Å². The maximum Gasteiger partial charge on any atom is 0.416 e. The van der Waals surface area contributed by atoms with Crippen molar-refractivity contribution in [3.8, 4) is 0 Å². The van der Waals surface area contributed by atoms with E-state index in [1.165, 1.54) is 6.07 Å². The molecule has 0 bridgehead atoms. The average molecular weight is 427 g/mol. The van der Waals surface area contributed by atoms with Crippen molar-refractivity contribution < 1.29 is 26.4 Å². The number of amides is 1. The number of benzene rings is 2. The van der Waals surface area contributed by atoms with E-state index < -0.39 is 38.6 Å². The van der Waals surface area contributed by atoms with Crippen molar-refractivity contribution in [1.29, 1.82) is 0 Å². The lowest BCUT2D eigenvalue weighted by atomic mass is 10.1. The number of primary amides is 1. The highest BCUT2D eigenvalue weighted by molar-refractivity contribution is 7.92. The van der Waals surface area contributed by atoms with Crippen LogP contribution in [-0.2, 0) is 27.5 Å². The lowest BCUT2D eigenvalue weighted by Crippen LogP contribution is -2.39. The van der Waals surface area contributed by atoms with E-state index in [4.69, 9.17) is 5.73 Å². The van der Waals surface area contributed by atoms with E-state index in [-0.39, 0.29) is 12.2 Å². The molecule has 1 unspecified atom stereocenters. The minimum atomic E-state index is -4.65. The molecule has 29 heavy (non-hydrogen) atoms. The predicted molar refractivity (Wildman–Crippen MR) is 101 cm³/mol. The van der Waals surface area contributed by atoms with Crippen molar-refractivity contribution in [2.45, 2.75) is 36.5 Å². The molecule has 1 amide bonds. The van der Waals surface area contributed by atoms with E-state index in [9.17, 15) is 26.4 Å². The molecule has 1 aliphatic heterocycles. The third-order valence-electron chi connectivity index (χ3n) is 4.80. The molecule has 1 saturated heterocycles. The number of halogens is 3. The number of rotatable bonds is 6. The van der Waals surface area contributed by atoms with Crippen LogP contribution in [0.1, 0.15) is 24.0 Å². The van der Waals surface area contributed by atoms with Crippen molar-refractivity contribution in [2.75, 3.05) is 11.3 Å². The summed E-state index contributed by atoms with van der Waals surface area (Å²) in [6.45, 7) is 0.928. The van der Waals surface area contributed by atoms with Crippen LogP contribution in [-0.4, -0.2) is 31.8 Å². The van der Waals surface area contributed by atoms with Crippen molar-refractivity contribution in [3.63, 3.8) is 0 Å². The van der Waals surface area contributed by atoms with Crippen LogP contribution in [0.5, 0.6) is 0 Å². The molecule has 0 aliphatic carbocycles. The van der Waals surface area contributed by atoms with Crippen LogP contribution < -0.4 is 10.5 Å². The first-order valence-corrected chi connectivity index (χ1v) is 10.4. The lowest BCUT2D eigenvalue weighted by Gasteiger charge is -2.23. The van der Waals surface area contributed by atoms with Crippen LogP contribution in [0.3, 0.4) is 0 Å². The minimum absolute atomic E-state index is 0.236. The Bertz CT molecular complexity index is 1010. The quantitative estimate of drug-likeness (QED) is 0.741. The van der Waals surface area contributed by atoms with E-state index >= 15 is 0 Å². The third-order valence-corrected chi connectivity index (χ3v) is 6.16. The van der Waals surface area contributed by atoms with E-state index in [2.05, 4.69) is 4.72 Å². The average Bonchev–Trinajstić information content (AvgIpc) is 3.11. The molecule has 0 radical (unpaired) electrons. The number of anilines is 1. The first-order chi connectivity index (χ1) is 13.6. The number of nitrogens with one attached hydrogen (secondary N) is 1. The van der Waals surface area contributed by atoms with Crippen molar-refractivity contribution >= 4 is 21.6 Å². The van der Waals surface area contributed by atoms with E-state index in [1.54, 1.807) is 18.2 Å². The Morgan fingerprint density at radius 3 is 2.59 bits per heavy atom. The fourth-order valence-electron chi connectivity index (χ4n) is 3.36. The second-order valence-corrected chi connectivity index (χ2v) is 8.50. The number of alkyl halides is 3. The molecule has 1 fully saturated rings. The highest BCUT2D eigenvalue weighted by Gasteiger charge is 2.32. The summed E-state index contributed by atoms with van der Waals surface area (Å²) in [5.41, 5.74) is 5.21. The number of hydrogen-bond acceptors (Lipinski definition) is 4. The van der Waals surface area contributed by atoms with Gasteiger partial charge in [-0.1, -0.05) is 24.3 Å². The highest BCUT2D eigenvalue weighted by atomic mass is 32.2. The Kier molecular flexibility index (Phi) is 5.85. The number of hydrogen-bond donors (Lipinski definition) is 2. The number of carbonyl (C=O) groups excluding carboxylic acids is 1. The number of likely N-dealkylation sites (tertiary alicyclic amines) is 1. The first-order valence-electron chi connectivity index (χ1n) is 8.89. The zero-order valence-corrected chi connectivity index (χ0v) is 16.1. The second kappa shape index (κ2) is 8.03. The van der Waals surface area contributed by atoms with Gasteiger partial charge in [-0.25, -0.2) is 8.42 Å². The monoisotopic (exact) mass is 427 g/mol. The molecule has 1 atom stereocenters. The maximum atomic E-state index is 12.9. The van der Waals surface area contributed by atoms with Gasteiger partial charge in [0.05, 0.1) is 22.2 Å². The molecule has 10 heteroatoms. The molecule has 0 saturated carbocycles. The molecule has 2 aromatic carbocycles. The van der Waals surface area contributed by atoms with Crippen molar-refractivity contribution in [2.24, 2.45) is 5.73 Å². The van der Waals surface area contributed by atoms with E-state index in [0.29, 0.717) is 24.6 Å². The number of para-hydroxylation sites is 1. The van der Waals surface area contributed by atoms with Crippen LogP contribution in [0.25, 0.3) is 0 Å². The number of nitrogens with two attached hydrogens (primary N) is 1. The van der Waals surface area contributed by atoms with Gasteiger partial charge in [0, 0.05) is 6.54 Å². The minimum Gasteiger partial charge on any atom is -0.368 e. The van der Waals surface area contributed by atoms with Gasteiger partial charge in [-0.15, -0.1) is 0 Å². The van der Waals surface area contributed by atoms with Gasteiger partial charge < -0.3 is 5.73 Å². The van der Waals surface area contributed by atoms with Crippen LogP contribution in [0.4, 0.5) is 18.9 Å². The number of carbonyl (C=O) groups is 1. The second-order valence-electron chi connectivity index (χ2n) is 6.82. The summed E-state index contributed by atoms with van der Waals surface area (Å²) in [4.78, 5) is 13.0. The molecule has 1 heterocycles. The molecule has 2 aromatic rings. The summed E-state index contributed by atoms with van der Waals surface area (Å²) < 4.78 is 66.5. The molecular weight excluding hydrogens is 407 g/mol. The maximum absolute atomic E-state index is 12.9. The highest BCUT2D eigenvalue weighted by Crippen LogP contribution is 2.31. The molecule has 0 spiro atoms. The smallest absolute Gasteiger partial charge is 0.368 e. The van der Waals surface area contributed by atoms with Gasteiger partial charge in [0.25, 0.3) is 10.0 Å². The Morgan fingerprint density at radius 2 is 1.90 bits per heavy atom. The van der Waals surface area contributed by atoms with Gasteiger partial charge in [0.15, 0.2) is 0 Å². The molecule has 3 rings (SSSR count). The van der Waals surface area contributed by atoms with Crippen molar-refractivity contribution in [1.82, 2.24) is 4.90 Å². The fourth-order valence-corrected chi connectivity index (χ4v) is 4.50. The van der Waals surface area contributed by atoms with Crippen LogP contribution in [0, 0.1) is 0 Å². The summed E-state index contributed by atoms with van der Waals surface area (Å²) in [7, 11) is -4.24. The van der Waals surface area contributed by atoms with Gasteiger partial charge in [-0.2, -0.15) is 13.2 Å². The van der Waals surface area contributed by atoms with Gasteiger partial charge in [-0.3, -0.25) is 14.4 Å². The van der Waals surface area contributed by atoms with E-state index in [1.807, 2.05) is 4.90 Å². The fraction of sp³-hybridized carbons (Fsp3) is 0.316. The van der Waals surface area contributed by atoms with Crippen LogP contribution >= 0.6 is 0 Å². The summed E-state index contributed by atoms with van der Waals surface area (Å²) in [5, 5.41) is 0. The topological polar surface area (TPSA) is 92.5 Å². The summed E-state index contributed by atoms with van der Waals surface area (Å²) >= 11 is 0. The Labute approximate surface area is 166 Å². The van der Waals surface area contributed by atoms with Crippen LogP contribution in [0.2, 0.25) is 0 Å². The molecule has 1 aliphatic rings. The van der Waals surface area contributed by atoms with Gasteiger partial charge >= 0.3 is 6.18 Å². The molecule has 0 aromatic heterocycles. The number of nitrogens with zero attached hydrogens (tertiary/aromatic N) is 1. The Balaban J connectivity index is 1.86. The first kappa shape index (κ1) is 21.1. The molecule has 156 valence electrons. The largest absolute Gasteiger partial charge is 0.416 e. The lowest BCUT2D eigenvalue weighted by molar-refractivity contribution is -0.137. The Morgan fingerprint density at radius 1 is 1.17 bits per heavy atom. The molecule has 6 nitrogen and oxygen atoms in total. The van der Waals surface area contributed by atoms with Gasteiger partial charge in [0.2, 0.25) is 5.91 Å². The summed E-state index contributed by atoms with van der Waals surface area (Å²) in [6.07, 6.45) is -3.22. The van der Waals surface area contributed by atoms with Crippen molar-refractivity contribution in [3.05, 3.63) is 59.7 Å². The Hall–Kier alpha value is -2.59. The zero-order chi connectivity index (χ0) is 21.2. The summed E-state index contributed by atoms with van der Waals surface area (Å²) in [6, 6.07) is 9.67. The predicted octanol–water partition coefficient (Wildman–Crippen LogP) is 2.96. The SMILES string of the molecule is NC(=O)C1CCCN1Cc1ccccc1NS(=O)(=O)c1cccc(C(F)(F)F)c1. The number of sulfonamides is 1. The third kappa shape index (κ3) is 4.88. The zero-order valence-electron chi connectivity index (χ0n) is 15.3. The normalized spacial score (nSPS) is 18.0. The van der Waals surface area contributed by atoms with Crippen LogP contribution in [0.15, 0.2) is 53.4 Å².